The van der Waals surface area contributed by atoms with Gasteiger partial charge in [0.15, 0.2) is 0 Å². The monoisotopic (exact) mass is 267 g/mol. The van der Waals surface area contributed by atoms with Gasteiger partial charge in [0.25, 0.3) is 0 Å². The van der Waals surface area contributed by atoms with Crippen LogP contribution >= 0.6 is 0 Å². The highest BCUT2D eigenvalue weighted by molar-refractivity contribution is 6.00. The Bertz CT molecular complexity index is 610. The van der Waals surface area contributed by atoms with Gasteiger partial charge in [0.05, 0.1) is 0 Å². The van der Waals surface area contributed by atoms with Crippen molar-refractivity contribution in [2.24, 2.45) is 0 Å². The van der Waals surface area contributed by atoms with Crippen LogP contribution in [-0.2, 0) is 13.0 Å². The fraction of sp³-hybridized carbons (Fsp3) is 0.188. The topological polar surface area (TPSA) is 53.2 Å². The zero-order valence-corrected chi connectivity index (χ0v) is 11.1. The zero-order valence-electron chi connectivity index (χ0n) is 11.1. The minimum Gasteiger partial charge on any atom is -0.312 e. The number of hydrogen-bond donors (Lipinski definition) is 3. The van der Waals surface area contributed by atoms with Crippen molar-refractivity contribution in [3.8, 4) is 0 Å². The predicted octanol–water partition coefficient (Wildman–Crippen LogP) is 2.98. The lowest BCUT2D eigenvalue weighted by molar-refractivity contribution is 0.262. The first-order valence-corrected chi connectivity index (χ1v) is 6.77. The number of hydrogen-bond acceptors (Lipinski definition) is 2. The number of anilines is 2. The van der Waals surface area contributed by atoms with Crippen LogP contribution in [0.3, 0.4) is 0 Å². The Morgan fingerprint density at radius 3 is 2.70 bits per heavy atom. The molecule has 3 rings (SSSR count). The maximum absolute atomic E-state index is 12.0. The number of carbonyl (C=O) groups excluding carboxylic acids is 1. The minimum atomic E-state index is -0.205. The van der Waals surface area contributed by atoms with Gasteiger partial charge in [-0.2, -0.15) is 0 Å². The molecule has 1 aliphatic rings. The Morgan fingerprint density at radius 1 is 1.00 bits per heavy atom. The van der Waals surface area contributed by atoms with E-state index in [1.807, 2.05) is 42.5 Å². The van der Waals surface area contributed by atoms with Crippen LogP contribution < -0.4 is 16.0 Å². The molecule has 2 aromatic rings. The number of benzene rings is 2. The Labute approximate surface area is 118 Å². The van der Waals surface area contributed by atoms with Crippen molar-refractivity contribution in [1.82, 2.24) is 5.32 Å². The van der Waals surface area contributed by atoms with E-state index in [-0.39, 0.29) is 6.03 Å². The molecular weight excluding hydrogens is 250 g/mol. The third-order valence-corrected chi connectivity index (χ3v) is 3.42. The number of fused-ring (bicyclic) bond motifs is 1. The summed E-state index contributed by atoms with van der Waals surface area (Å²) in [5, 5.41) is 9.11. The highest BCUT2D eigenvalue weighted by Gasteiger charge is 2.13. The van der Waals surface area contributed by atoms with E-state index < -0.39 is 0 Å². The van der Waals surface area contributed by atoms with Gasteiger partial charge in [-0.15, -0.1) is 0 Å². The molecule has 0 spiro atoms. The number of rotatable bonds is 2. The highest BCUT2D eigenvalue weighted by atomic mass is 16.2. The minimum absolute atomic E-state index is 0.205. The van der Waals surface area contributed by atoms with Crippen LogP contribution in [0.25, 0.3) is 0 Å². The fourth-order valence-electron chi connectivity index (χ4n) is 2.46. The van der Waals surface area contributed by atoms with E-state index in [0.29, 0.717) is 0 Å². The SMILES string of the molecule is O=C(Nc1ccccc1)Nc1cccc2c1CCNC2. The molecule has 3 N–H and O–H groups in total. The molecule has 102 valence electrons. The van der Waals surface area contributed by atoms with Crippen molar-refractivity contribution in [3.05, 3.63) is 59.7 Å². The van der Waals surface area contributed by atoms with Crippen LogP contribution in [0.1, 0.15) is 11.1 Å². The van der Waals surface area contributed by atoms with E-state index in [9.17, 15) is 4.79 Å². The summed E-state index contributed by atoms with van der Waals surface area (Å²) in [5.41, 5.74) is 4.18. The molecule has 0 aromatic heterocycles. The number of amides is 2. The van der Waals surface area contributed by atoms with Crippen LogP contribution in [0.2, 0.25) is 0 Å². The molecule has 1 aliphatic heterocycles. The second kappa shape index (κ2) is 5.75. The van der Waals surface area contributed by atoms with E-state index >= 15 is 0 Å². The van der Waals surface area contributed by atoms with Crippen LogP contribution in [0.4, 0.5) is 16.2 Å². The van der Waals surface area contributed by atoms with Gasteiger partial charge in [-0.25, -0.2) is 4.79 Å². The molecule has 0 atom stereocenters. The molecule has 2 amide bonds. The van der Waals surface area contributed by atoms with Gasteiger partial charge < -0.3 is 16.0 Å². The molecule has 0 bridgehead atoms. The summed E-state index contributed by atoms with van der Waals surface area (Å²) in [5.74, 6) is 0. The summed E-state index contributed by atoms with van der Waals surface area (Å²) >= 11 is 0. The van der Waals surface area contributed by atoms with E-state index in [1.54, 1.807) is 0 Å². The molecule has 0 unspecified atom stereocenters. The number of carbonyl (C=O) groups is 1. The van der Waals surface area contributed by atoms with Gasteiger partial charge in [0, 0.05) is 17.9 Å². The number of nitrogens with one attached hydrogen (secondary N) is 3. The molecule has 0 saturated heterocycles. The quantitative estimate of drug-likeness (QED) is 0.783. The molecule has 0 aliphatic carbocycles. The number of urea groups is 1. The van der Waals surface area contributed by atoms with Gasteiger partial charge in [0.1, 0.15) is 0 Å². The first-order chi connectivity index (χ1) is 9.83. The van der Waals surface area contributed by atoms with Crippen LogP contribution in [-0.4, -0.2) is 12.6 Å². The average Bonchev–Trinajstić information content (AvgIpc) is 2.48. The Morgan fingerprint density at radius 2 is 1.85 bits per heavy atom. The maximum atomic E-state index is 12.0. The van der Waals surface area contributed by atoms with Crippen molar-refractivity contribution in [2.75, 3.05) is 17.2 Å². The van der Waals surface area contributed by atoms with Crippen molar-refractivity contribution in [3.63, 3.8) is 0 Å². The van der Waals surface area contributed by atoms with Crippen molar-refractivity contribution < 1.29 is 4.79 Å². The highest BCUT2D eigenvalue weighted by Crippen LogP contribution is 2.23. The van der Waals surface area contributed by atoms with Crippen molar-refractivity contribution in [1.29, 1.82) is 0 Å². The largest absolute Gasteiger partial charge is 0.323 e. The summed E-state index contributed by atoms with van der Waals surface area (Å²) in [4.78, 5) is 12.0. The summed E-state index contributed by atoms with van der Waals surface area (Å²) in [6.45, 7) is 1.82. The van der Waals surface area contributed by atoms with E-state index in [1.165, 1.54) is 11.1 Å². The molecule has 0 fully saturated rings. The molecule has 0 radical (unpaired) electrons. The van der Waals surface area contributed by atoms with E-state index in [2.05, 4.69) is 22.0 Å². The molecule has 20 heavy (non-hydrogen) atoms. The second-order valence-electron chi connectivity index (χ2n) is 4.82. The van der Waals surface area contributed by atoms with E-state index in [4.69, 9.17) is 0 Å². The summed E-state index contributed by atoms with van der Waals surface area (Å²) in [7, 11) is 0. The lowest BCUT2D eigenvalue weighted by Crippen LogP contribution is -2.26. The summed E-state index contributed by atoms with van der Waals surface area (Å²) in [6, 6.07) is 15.3. The van der Waals surface area contributed by atoms with Gasteiger partial charge in [0.2, 0.25) is 0 Å². The molecule has 1 heterocycles. The Kier molecular flexibility index (Phi) is 3.65. The van der Waals surface area contributed by atoms with Crippen LogP contribution in [0.5, 0.6) is 0 Å². The van der Waals surface area contributed by atoms with Crippen molar-refractivity contribution in [2.45, 2.75) is 13.0 Å². The van der Waals surface area contributed by atoms with Gasteiger partial charge in [-0.1, -0.05) is 30.3 Å². The molecule has 2 aromatic carbocycles. The van der Waals surface area contributed by atoms with Gasteiger partial charge >= 0.3 is 6.03 Å². The summed E-state index contributed by atoms with van der Waals surface area (Å²) < 4.78 is 0. The van der Waals surface area contributed by atoms with Gasteiger partial charge in [-0.3, -0.25) is 0 Å². The predicted molar refractivity (Wildman–Crippen MR) is 80.9 cm³/mol. The Hall–Kier alpha value is -2.33. The zero-order chi connectivity index (χ0) is 13.8. The molecular formula is C16H17N3O. The van der Waals surface area contributed by atoms with Crippen LogP contribution in [0.15, 0.2) is 48.5 Å². The summed E-state index contributed by atoms with van der Waals surface area (Å²) in [6.07, 6.45) is 0.942. The first kappa shape index (κ1) is 12.7. The molecule has 0 saturated carbocycles. The Balaban J connectivity index is 1.73. The molecule has 4 nitrogen and oxygen atoms in total. The van der Waals surface area contributed by atoms with Crippen molar-refractivity contribution >= 4 is 17.4 Å². The van der Waals surface area contributed by atoms with Crippen LogP contribution in [0, 0.1) is 0 Å². The van der Waals surface area contributed by atoms with Gasteiger partial charge in [-0.05, 0) is 42.3 Å². The first-order valence-electron chi connectivity index (χ1n) is 6.77. The normalized spacial score (nSPS) is 13.4. The lowest BCUT2D eigenvalue weighted by atomic mass is 9.99. The van der Waals surface area contributed by atoms with E-state index in [0.717, 1.165) is 30.9 Å². The smallest absolute Gasteiger partial charge is 0.312 e. The average molecular weight is 267 g/mol. The molecule has 4 heteroatoms. The third-order valence-electron chi connectivity index (χ3n) is 3.42. The third kappa shape index (κ3) is 2.81. The fourth-order valence-corrected chi connectivity index (χ4v) is 2.46. The standard InChI is InChI=1S/C16H17N3O/c20-16(18-13-6-2-1-3-7-13)19-15-8-4-5-12-11-17-10-9-14(12)15/h1-8,17H,9-11H2,(H2,18,19,20). The number of para-hydroxylation sites is 1. The lowest BCUT2D eigenvalue weighted by Gasteiger charge is -2.20. The maximum Gasteiger partial charge on any atom is 0.323 e. The second-order valence-corrected chi connectivity index (χ2v) is 4.82.